The fourth-order valence-corrected chi connectivity index (χ4v) is 3.54. The number of aromatic nitrogens is 4. The van der Waals surface area contributed by atoms with Gasteiger partial charge in [-0.1, -0.05) is 30.3 Å². The maximum absolute atomic E-state index is 13.0. The van der Waals surface area contributed by atoms with E-state index in [-0.39, 0.29) is 11.5 Å². The van der Waals surface area contributed by atoms with Crippen molar-refractivity contribution in [3.05, 3.63) is 48.0 Å². The molecule has 4 rings (SSSR count). The largest absolute Gasteiger partial charge is 0.451 e. The number of hydrogen-bond acceptors (Lipinski definition) is 5. The van der Waals surface area contributed by atoms with Gasteiger partial charge in [0.1, 0.15) is 5.52 Å². The van der Waals surface area contributed by atoms with Gasteiger partial charge in [0, 0.05) is 19.6 Å². The Morgan fingerprint density at radius 3 is 2.79 bits per heavy atom. The van der Waals surface area contributed by atoms with Crippen molar-refractivity contribution in [1.29, 1.82) is 0 Å². The topological polar surface area (TPSA) is 69.7 Å². The molecule has 0 saturated carbocycles. The summed E-state index contributed by atoms with van der Waals surface area (Å²) in [4.78, 5) is 16.2. The third kappa shape index (κ3) is 4.24. The van der Waals surface area contributed by atoms with Gasteiger partial charge in [0.2, 0.25) is 5.82 Å². The van der Waals surface area contributed by atoms with Crippen molar-refractivity contribution >= 4 is 17.0 Å². The summed E-state index contributed by atoms with van der Waals surface area (Å²) in [6.45, 7) is 3.46. The number of imidazole rings is 1. The van der Waals surface area contributed by atoms with Crippen molar-refractivity contribution in [3.8, 4) is 0 Å². The van der Waals surface area contributed by atoms with Gasteiger partial charge >= 0.3 is 6.18 Å². The highest BCUT2D eigenvalue weighted by Gasteiger charge is 2.36. The van der Waals surface area contributed by atoms with E-state index in [2.05, 4.69) is 42.3 Å². The zero-order valence-corrected chi connectivity index (χ0v) is 15.2. The normalized spacial score (nSPS) is 18.0. The number of H-pyrrole nitrogens is 1. The molecule has 2 aromatic heterocycles. The summed E-state index contributed by atoms with van der Waals surface area (Å²) >= 11 is 0. The number of benzene rings is 1. The second-order valence-electron chi connectivity index (χ2n) is 7.07. The number of nitrogens with one attached hydrogen (secondary N) is 2. The molecule has 3 aromatic rings. The molecular weight excluding hydrogens is 369 g/mol. The molecule has 0 radical (unpaired) electrons. The van der Waals surface area contributed by atoms with Gasteiger partial charge in [0.15, 0.2) is 11.5 Å². The minimum absolute atomic E-state index is 0.0146. The van der Waals surface area contributed by atoms with Crippen LogP contribution in [0.25, 0.3) is 11.2 Å². The summed E-state index contributed by atoms with van der Waals surface area (Å²) in [6.07, 6.45) is -1.28. The molecule has 0 bridgehead atoms. The van der Waals surface area contributed by atoms with Gasteiger partial charge in [-0.2, -0.15) is 13.2 Å². The Kier molecular flexibility index (Phi) is 5.17. The van der Waals surface area contributed by atoms with Crippen LogP contribution in [0.2, 0.25) is 0 Å². The molecule has 3 heterocycles. The van der Waals surface area contributed by atoms with Gasteiger partial charge in [0.25, 0.3) is 0 Å². The molecule has 1 aromatic carbocycles. The van der Waals surface area contributed by atoms with E-state index in [1.807, 2.05) is 18.2 Å². The van der Waals surface area contributed by atoms with Gasteiger partial charge in [-0.25, -0.2) is 15.0 Å². The van der Waals surface area contributed by atoms with Crippen LogP contribution < -0.4 is 5.32 Å². The Morgan fingerprint density at radius 1 is 1.18 bits per heavy atom. The number of rotatable bonds is 6. The number of halogens is 3. The van der Waals surface area contributed by atoms with E-state index in [9.17, 15) is 13.2 Å². The van der Waals surface area contributed by atoms with Crippen LogP contribution in [0.15, 0.2) is 36.7 Å². The molecule has 1 fully saturated rings. The molecule has 0 unspecified atom stereocenters. The lowest BCUT2D eigenvalue weighted by Gasteiger charge is -2.17. The molecule has 0 aliphatic carbocycles. The number of fused-ring (bicyclic) bond motifs is 1. The lowest BCUT2D eigenvalue weighted by atomic mass is 10.1. The molecular formula is C19H21F3N6. The number of aromatic amines is 1. The lowest BCUT2D eigenvalue weighted by molar-refractivity contribution is -0.144. The number of hydrogen-bond donors (Lipinski definition) is 2. The Labute approximate surface area is 160 Å². The SMILES string of the molecule is FC(F)(F)c1nc(NC[C@@H]2CCN(CCc3ccccc3)C2)c2[nH]cnc2n1. The summed E-state index contributed by atoms with van der Waals surface area (Å²) in [5, 5.41) is 3.07. The first-order valence-corrected chi connectivity index (χ1v) is 9.27. The van der Waals surface area contributed by atoms with Crippen LogP contribution in [-0.2, 0) is 12.6 Å². The molecule has 1 aliphatic rings. The van der Waals surface area contributed by atoms with Gasteiger partial charge in [-0.3, -0.25) is 0 Å². The van der Waals surface area contributed by atoms with Crippen LogP contribution in [0.1, 0.15) is 17.8 Å². The predicted octanol–water partition coefficient (Wildman–Crippen LogP) is 3.35. The monoisotopic (exact) mass is 390 g/mol. The molecule has 1 atom stereocenters. The van der Waals surface area contributed by atoms with Crippen LogP contribution in [-0.4, -0.2) is 51.0 Å². The van der Waals surface area contributed by atoms with Crippen LogP contribution in [0.5, 0.6) is 0 Å². The highest BCUT2D eigenvalue weighted by Crippen LogP contribution is 2.29. The molecule has 6 nitrogen and oxygen atoms in total. The van der Waals surface area contributed by atoms with E-state index in [0.29, 0.717) is 18.0 Å². The third-order valence-electron chi connectivity index (χ3n) is 5.03. The number of nitrogens with zero attached hydrogens (tertiary/aromatic N) is 4. The summed E-state index contributed by atoms with van der Waals surface area (Å²) < 4.78 is 39.1. The minimum atomic E-state index is -4.61. The highest BCUT2D eigenvalue weighted by atomic mass is 19.4. The van der Waals surface area contributed by atoms with Crippen molar-refractivity contribution in [1.82, 2.24) is 24.8 Å². The van der Waals surface area contributed by atoms with Crippen LogP contribution in [0, 0.1) is 5.92 Å². The first kappa shape index (κ1) is 18.7. The number of anilines is 1. The Bertz CT molecular complexity index is 924. The lowest BCUT2D eigenvalue weighted by Crippen LogP contribution is -2.25. The van der Waals surface area contributed by atoms with Gasteiger partial charge < -0.3 is 15.2 Å². The van der Waals surface area contributed by atoms with Crippen LogP contribution >= 0.6 is 0 Å². The van der Waals surface area contributed by atoms with E-state index in [1.54, 1.807) is 0 Å². The number of likely N-dealkylation sites (tertiary alicyclic amines) is 1. The molecule has 148 valence electrons. The van der Waals surface area contributed by atoms with E-state index < -0.39 is 12.0 Å². The van der Waals surface area contributed by atoms with Crippen molar-refractivity contribution < 1.29 is 13.2 Å². The van der Waals surface area contributed by atoms with Gasteiger partial charge in [-0.15, -0.1) is 0 Å². The van der Waals surface area contributed by atoms with Crippen molar-refractivity contribution in [2.45, 2.75) is 19.0 Å². The Balaban J connectivity index is 1.35. The molecule has 1 aliphatic heterocycles. The van der Waals surface area contributed by atoms with Crippen molar-refractivity contribution in [2.24, 2.45) is 5.92 Å². The summed E-state index contributed by atoms with van der Waals surface area (Å²) in [7, 11) is 0. The van der Waals surface area contributed by atoms with Crippen molar-refractivity contribution in [2.75, 3.05) is 31.5 Å². The molecule has 1 saturated heterocycles. The maximum Gasteiger partial charge on any atom is 0.451 e. The van der Waals surface area contributed by atoms with E-state index in [4.69, 9.17) is 0 Å². The highest BCUT2D eigenvalue weighted by molar-refractivity contribution is 5.82. The van der Waals surface area contributed by atoms with Crippen LogP contribution in [0.3, 0.4) is 0 Å². The fraction of sp³-hybridized carbons (Fsp3) is 0.421. The first-order valence-electron chi connectivity index (χ1n) is 9.27. The van der Waals surface area contributed by atoms with Crippen LogP contribution in [0.4, 0.5) is 19.0 Å². The quantitative estimate of drug-likeness (QED) is 0.676. The maximum atomic E-state index is 13.0. The zero-order valence-electron chi connectivity index (χ0n) is 15.2. The molecule has 28 heavy (non-hydrogen) atoms. The second kappa shape index (κ2) is 7.75. The minimum Gasteiger partial charge on any atom is -0.368 e. The molecule has 9 heteroatoms. The zero-order chi connectivity index (χ0) is 19.6. The summed E-state index contributed by atoms with van der Waals surface area (Å²) in [5.41, 5.74) is 1.72. The second-order valence-corrected chi connectivity index (χ2v) is 7.07. The molecule has 2 N–H and O–H groups in total. The molecule has 0 spiro atoms. The smallest absolute Gasteiger partial charge is 0.368 e. The van der Waals surface area contributed by atoms with Crippen molar-refractivity contribution in [3.63, 3.8) is 0 Å². The average molecular weight is 390 g/mol. The Morgan fingerprint density at radius 2 is 2.00 bits per heavy atom. The molecule has 0 amide bonds. The Hall–Kier alpha value is -2.68. The summed E-state index contributed by atoms with van der Waals surface area (Å²) in [5.74, 6) is -0.666. The van der Waals surface area contributed by atoms with E-state index >= 15 is 0 Å². The van der Waals surface area contributed by atoms with E-state index in [1.165, 1.54) is 11.9 Å². The third-order valence-corrected chi connectivity index (χ3v) is 5.03. The number of alkyl halides is 3. The first-order chi connectivity index (χ1) is 13.5. The van der Waals surface area contributed by atoms with E-state index in [0.717, 1.165) is 32.5 Å². The fourth-order valence-electron chi connectivity index (χ4n) is 3.54. The average Bonchev–Trinajstić information content (AvgIpc) is 3.33. The standard InChI is InChI=1S/C19H21F3N6/c20-19(21,22)18-26-16(15-17(27-18)25-12-24-15)23-10-14-7-9-28(11-14)8-6-13-4-2-1-3-5-13/h1-5,12,14H,6-11H2,(H2,23,24,25,26,27)/t14-/m0/s1. The van der Waals surface area contributed by atoms with Gasteiger partial charge in [-0.05, 0) is 30.9 Å². The van der Waals surface area contributed by atoms with Gasteiger partial charge in [0.05, 0.1) is 6.33 Å². The predicted molar refractivity (Wildman–Crippen MR) is 99.9 cm³/mol. The summed E-state index contributed by atoms with van der Waals surface area (Å²) in [6, 6.07) is 10.3.